The number of aliphatic hydroxyl groups excluding tert-OH is 1. The Morgan fingerprint density at radius 3 is 2.75 bits per heavy atom. The van der Waals surface area contributed by atoms with Crippen molar-refractivity contribution in [2.45, 2.75) is 20.5 Å². The summed E-state index contributed by atoms with van der Waals surface area (Å²) in [5.74, 6) is 1.17. The first-order chi connectivity index (χ1) is 7.61. The molecule has 0 unspecified atom stereocenters. The van der Waals surface area contributed by atoms with Crippen molar-refractivity contribution in [3.63, 3.8) is 0 Å². The summed E-state index contributed by atoms with van der Waals surface area (Å²) < 4.78 is 14.4. The van der Waals surface area contributed by atoms with Gasteiger partial charge in [0.1, 0.15) is 17.5 Å². The molecular formula is C10H11FN4O. The molecule has 2 rings (SSSR count). The number of aryl methyl sites for hydroxylation is 2. The highest BCUT2D eigenvalue weighted by Gasteiger charge is 2.11. The first-order valence-corrected chi connectivity index (χ1v) is 4.77. The minimum absolute atomic E-state index is 0.293. The molecule has 0 atom stereocenters. The molecule has 0 aliphatic rings. The molecule has 2 aromatic heterocycles. The normalized spacial score (nSPS) is 10.8. The van der Waals surface area contributed by atoms with Gasteiger partial charge in [0.05, 0.1) is 12.8 Å². The second-order valence-electron chi connectivity index (χ2n) is 3.41. The van der Waals surface area contributed by atoms with Gasteiger partial charge in [-0.05, 0) is 19.9 Å². The third kappa shape index (κ3) is 1.79. The van der Waals surface area contributed by atoms with Crippen LogP contribution in [0.1, 0.15) is 17.2 Å². The molecule has 5 nitrogen and oxygen atoms in total. The fourth-order valence-electron chi connectivity index (χ4n) is 1.50. The molecule has 0 aliphatic heterocycles. The number of aromatic nitrogens is 4. The maximum absolute atomic E-state index is 12.9. The molecule has 0 amide bonds. The zero-order valence-corrected chi connectivity index (χ0v) is 8.98. The van der Waals surface area contributed by atoms with Crippen molar-refractivity contribution in [2.75, 3.05) is 0 Å². The van der Waals surface area contributed by atoms with Gasteiger partial charge in [-0.25, -0.2) is 14.4 Å². The van der Waals surface area contributed by atoms with E-state index < -0.39 is 5.82 Å². The molecule has 0 saturated carbocycles. The summed E-state index contributed by atoms with van der Waals surface area (Å²) >= 11 is 0. The summed E-state index contributed by atoms with van der Waals surface area (Å²) in [6, 6.07) is 1.23. The molecule has 1 N–H and O–H groups in total. The van der Waals surface area contributed by atoms with Gasteiger partial charge < -0.3 is 5.11 Å². The van der Waals surface area contributed by atoms with E-state index in [0.29, 0.717) is 23.0 Å². The predicted octanol–water partition coefficient (Wildman–Crippen LogP) is 0.911. The van der Waals surface area contributed by atoms with E-state index >= 15 is 0 Å². The highest BCUT2D eigenvalue weighted by Crippen LogP contribution is 2.14. The Hall–Kier alpha value is -1.82. The molecular weight excluding hydrogens is 211 g/mol. The zero-order valence-electron chi connectivity index (χ0n) is 8.98. The van der Waals surface area contributed by atoms with Crippen LogP contribution >= 0.6 is 0 Å². The summed E-state index contributed by atoms with van der Waals surface area (Å²) in [5, 5.41) is 13.3. The standard InChI is InChI=1S/C10H11FN4O/c1-6-13-7(2)15(14-6)10-8(5-16)3-9(11)4-12-10/h3-4,16H,5H2,1-2H3. The van der Waals surface area contributed by atoms with Gasteiger partial charge in [0.15, 0.2) is 5.82 Å². The van der Waals surface area contributed by atoms with E-state index in [0.717, 1.165) is 6.20 Å². The molecule has 16 heavy (non-hydrogen) atoms. The van der Waals surface area contributed by atoms with Crippen LogP contribution in [0.15, 0.2) is 12.3 Å². The largest absolute Gasteiger partial charge is 0.392 e. The highest BCUT2D eigenvalue weighted by atomic mass is 19.1. The van der Waals surface area contributed by atoms with E-state index in [1.54, 1.807) is 13.8 Å². The van der Waals surface area contributed by atoms with Gasteiger partial charge in [-0.2, -0.15) is 4.68 Å². The van der Waals surface area contributed by atoms with Crippen molar-refractivity contribution in [1.29, 1.82) is 0 Å². The fourth-order valence-corrected chi connectivity index (χ4v) is 1.50. The van der Waals surface area contributed by atoms with E-state index in [4.69, 9.17) is 5.11 Å². The Bertz CT molecular complexity index is 524. The number of halogens is 1. The Morgan fingerprint density at radius 1 is 1.44 bits per heavy atom. The van der Waals surface area contributed by atoms with Crippen LogP contribution < -0.4 is 0 Å². The second kappa shape index (κ2) is 3.97. The van der Waals surface area contributed by atoms with Crippen LogP contribution in [0, 0.1) is 19.7 Å². The minimum atomic E-state index is -0.484. The summed E-state index contributed by atoms with van der Waals surface area (Å²) in [6.45, 7) is 3.23. The van der Waals surface area contributed by atoms with Crippen molar-refractivity contribution < 1.29 is 9.50 Å². The Labute approximate surface area is 91.6 Å². The molecule has 0 aliphatic carbocycles. The third-order valence-electron chi connectivity index (χ3n) is 2.16. The third-order valence-corrected chi connectivity index (χ3v) is 2.16. The van der Waals surface area contributed by atoms with E-state index in [1.807, 2.05) is 0 Å². The monoisotopic (exact) mass is 222 g/mol. The van der Waals surface area contributed by atoms with Gasteiger partial charge in [-0.15, -0.1) is 5.10 Å². The number of pyridine rings is 1. The topological polar surface area (TPSA) is 63.8 Å². The number of nitrogens with zero attached hydrogens (tertiary/aromatic N) is 4. The van der Waals surface area contributed by atoms with Crippen molar-refractivity contribution in [2.24, 2.45) is 0 Å². The van der Waals surface area contributed by atoms with E-state index in [2.05, 4.69) is 15.1 Å². The zero-order chi connectivity index (χ0) is 11.7. The van der Waals surface area contributed by atoms with E-state index in [9.17, 15) is 4.39 Å². The summed E-state index contributed by atoms with van der Waals surface area (Å²) in [4.78, 5) is 8.04. The average Bonchev–Trinajstić information content (AvgIpc) is 2.57. The fraction of sp³-hybridized carbons (Fsp3) is 0.300. The van der Waals surface area contributed by atoms with Crippen LogP contribution in [-0.2, 0) is 6.61 Å². The van der Waals surface area contributed by atoms with Crippen molar-refractivity contribution in [3.05, 3.63) is 35.3 Å². The van der Waals surface area contributed by atoms with Gasteiger partial charge in [0.25, 0.3) is 0 Å². The van der Waals surface area contributed by atoms with Gasteiger partial charge >= 0.3 is 0 Å². The maximum atomic E-state index is 12.9. The van der Waals surface area contributed by atoms with Crippen molar-refractivity contribution in [3.8, 4) is 5.82 Å². The molecule has 2 heterocycles. The van der Waals surface area contributed by atoms with Crippen molar-refractivity contribution in [1.82, 2.24) is 19.7 Å². The van der Waals surface area contributed by atoms with Gasteiger partial charge in [-0.3, -0.25) is 0 Å². The van der Waals surface area contributed by atoms with Crippen LogP contribution in [-0.4, -0.2) is 24.9 Å². The molecule has 0 bridgehead atoms. The van der Waals surface area contributed by atoms with Gasteiger partial charge in [-0.1, -0.05) is 0 Å². The number of rotatable bonds is 2. The lowest BCUT2D eigenvalue weighted by atomic mass is 10.2. The molecule has 0 aromatic carbocycles. The lowest BCUT2D eigenvalue weighted by Crippen LogP contribution is -2.07. The number of aliphatic hydroxyl groups is 1. The van der Waals surface area contributed by atoms with E-state index in [1.165, 1.54) is 10.7 Å². The first-order valence-electron chi connectivity index (χ1n) is 4.77. The van der Waals surface area contributed by atoms with Crippen LogP contribution in [0.4, 0.5) is 4.39 Å². The molecule has 6 heteroatoms. The van der Waals surface area contributed by atoms with Gasteiger partial charge in [0.2, 0.25) is 0 Å². The van der Waals surface area contributed by atoms with Crippen LogP contribution in [0.25, 0.3) is 5.82 Å². The number of hydrogen-bond donors (Lipinski definition) is 1. The first kappa shape index (κ1) is 10.7. The lowest BCUT2D eigenvalue weighted by Gasteiger charge is -2.06. The maximum Gasteiger partial charge on any atom is 0.161 e. The van der Waals surface area contributed by atoms with Crippen LogP contribution in [0.2, 0.25) is 0 Å². The SMILES string of the molecule is Cc1nc(C)n(-c2ncc(F)cc2CO)n1. The molecule has 0 saturated heterocycles. The van der Waals surface area contributed by atoms with Gasteiger partial charge in [0, 0.05) is 5.56 Å². The van der Waals surface area contributed by atoms with Crippen LogP contribution in [0.5, 0.6) is 0 Å². The molecule has 0 spiro atoms. The van der Waals surface area contributed by atoms with E-state index in [-0.39, 0.29) is 6.61 Å². The highest BCUT2D eigenvalue weighted by molar-refractivity contribution is 5.33. The Kier molecular flexibility index (Phi) is 2.66. The average molecular weight is 222 g/mol. The lowest BCUT2D eigenvalue weighted by molar-refractivity contribution is 0.280. The summed E-state index contributed by atoms with van der Waals surface area (Å²) in [7, 11) is 0. The predicted molar refractivity (Wildman–Crippen MR) is 54.5 cm³/mol. The van der Waals surface area contributed by atoms with Crippen molar-refractivity contribution >= 4 is 0 Å². The molecule has 2 aromatic rings. The number of hydrogen-bond acceptors (Lipinski definition) is 4. The Morgan fingerprint density at radius 2 is 2.19 bits per heavy atom. The molecule has 0 radical (unpaired) electrons. The molecule has 0 fully saturated rings. The minimum Gasteiger partial charge on any atom is -0.392 e. The Balaban J connectivity index is 2.59. The molecule has 84 valence electrons. The second-order valence-corrected chi connectivity index (χ2v) is 3.41. The quantitative estimate of drug-likeness (QED) is 0.820. The smallest absolute Gasteiger partial charge is 0.161 e. The summed E-state index contributed by atoms with van der Waals surface area (Å²) in [6.07, 6.45) is 1.09. The van der Waals surface area contributed by atoms with Crippen LogP contribution in [0.3, 0.4) is 0 Å². The summed E-state index contributed by atoms with van der Waals surface area (Å²) in [5.41, 5.74) is 0.382.